The monoisotopic (exact) mass is 557 g/mol. The smallest absolute Gasteiger partial charge is 0.338 e. The number of imide groups is 1. The van der Waals surface area contributed by atoms with Gasteiger partial charge in [-0.15, -0.1) is 0 Å². The van der Waals surface area contributed by atoms with Crippen LogP contribution in [0.5, 0.6) is 0 Å². The zero-order valence-electron chi connectivity index (χ0n) is 19.2. The van der Waals surface area contributed by atoms with Crippen molar-refractivity contribution in [3.8, 4) is 0 Å². The molecule has 0 bridgehead atoms. The van der Waals surface area contributed by atoms with Crippen molar-refractivity contribution in [1.82, 2.24) is 0 Å². The molecule has 0 aromatic heterocycles. The number of nitrogens with one attached hydrogen (secondary N) is 2. The number of nitrogens with zero attached hydrogens (tertiary/aromatic N) is 1. The van der Waals surface area contributed by atoms with Crippen molar-refractivity contribution in [3.63, 3.8) is 0 Å². The third kappa shape index (κ3) is 5.61. The first-order valence-corrected chi connectivity index (χ1v) is 12.0. The van der Waals surface area contributed by atoms with Crippen molar-refractivity contribution in [2.45, 2.75) is 6.92 Å². The summed E-state index contributed by atoms with van der Waals surface area (Å²) in [6.07, 6.45) is 0. The fourth-order valence-corrected chi connectivity index (χ4v) is 4.17. The lowest BCUT2D eigenvalue weighted by atomic mass is 10.1. The first-order valence-electron chi connectivity index (χ1n) is 10.9. The Kier molecular flexibility index (Phi) is 7.83. The Bertz CT molecular complexity index is 1470. The lowest BCUT2D eigenvalue weighted by Crippen LogP contribution is -2.32. The molecule has 11 heteroatoms. The third-order valence-electron chi connectivity index (χ3n) is 5.22. The van der Waals surface area contributed by atoms with Crippen molar-refractivity contribution in [1.29, 1.82) is 0 Å². The SMILES string of the molecule is CCOC(=O)c1cccc(N2C(=O)C(Cl)=C(Nc3cccc(C(=O)Nc4ccc(Cl)cc4Cl)c3)C2=O)c1. The highest BCUT2D eigenvalue weighted by Crippen LogP contribution is 2.31. The van der Waals surface area contributed by atoms with E-state index in [0.717, 1.165) is 4.90 Å². The maximum Gasteiger partial charge on any atom is 0.338 e. The second-order valence-electron chi connectivity index (χ2n) is 7.69. The lowest BCUT2D eigenvalue weighted by Gasteiger charge is -2.16. The summed E-state index contributed by atoms with van der Waals surface area (Å²) >= 11 is 18.2. The summed E-state index contributed by atoms with van der Waals surface area (Å²) in [5.41, 5.74) is 1.12. The van der Waals surface area contributed by atoms with Gasteiger partial charge >= 0.3 is 5.97 Å². The largest absolute Gasteiger partial charge is 0.462 e. The summed E-state index contributed by atoms with van der Waals surface area (Å²) < 4.78 is 4.98. The van der Waals surface area contributed by atoms with E-state index in [2.05, 4.69) is 10.6 Å². The van der Waals surface area contributed by atoms with Gasteiger partial charge in [-0.05, 0) is 61.5 Å². The number of ether oxygens (including phenoxy) is 1. The molecule has 8 nitrogen and oxygen atoms in total. The zero-order chi connectivity index (χ0) is 26.7. The van der Waals surface area contributed by atoms with E-state index >= 15 is 0 Å². The normalized spacial score (nSPS) is 13.1. The highest BCUT2D eigenvalue weighted by atomic mass is 35.5. The number of carbonyl (C=O) groups excluding carboxylic acids is 4. The first kappa shape index (κ1) is 26.2. The second-order valence-corrected chi connectivity index (χ2v) is 8.91. The van der Waals surface area contributed by atoms with Crippen LogP contribution in [0.3, 0.4) is 0 Å². The Morgan fingerprint density at radius 3 is 2.35 bits per heavy atom. The van der Waals surface area contributed by atoms with Gasteiger partial charge in [0.05, 0.1) is 28.6 Å². The number of halogens is 3. The van der Waals surface area contributed by atoms with Crippen LogP contribution in [-0.2, 0) is 14.3 Å². The summed E-state index contributed by atoms with van der Waals surface area (Å²) in [5.74, 6) is -2.53. The van der Waals surface area contributed by atoms with Crippen LogP contribution in [0.1, 0.15) is 27.6 Å². The van der Waals surface area contributed by atoms with Crippen LogP contribution >= 0.6 is 34.8 Å². The molecule has 3 amide bonds. The van der Waals surface area contributed by atoms with Crippen molar-refractivity contribution < 1.29 is 23.9 Å². The van der Waals surface area contributed by atoms with Crippen molar-refractivity contribution in [2.24, 2.45) is 0 Å². The van der Waals surface area contributed by atoms with E-state index in [0.29, 0.717) is 16.4 Å². The van der Waals surface area contributed by atoms with Gasteiger partial charge in [0, 0.05) is 16.3 Å². The summed E-state index contributed by atoms with van der Waals surface area (Å²) in [6, 6.07) is 16.8. The Morgan fingerprint density at radius 2 is 1.62 bits per heavy atom. The van der Waals surface area contributed by atoms with Crippen LogP contribution < -0.4 is 15.5 Å². The molecule has 0 unspecified atom stereocenters. The van der Waals surface area contributed by atoms with Crippen LogP contribution in [0, 0.1) is 0 Å². The Balaban J connectivity index is 1.54. The number of anilines is 3. The molecule has 0 aliphatic carbocycles. The molecule has 2 N–H and O–H groups in total. The molecule has 0 saturated carbocycles. The summed E-state index contributed by atoms with van der Waals surface area (Å²) in [7, 11) is 0. The predicted octanol–water partition coefficient (Wildman–Crippen LogP) is 5.86. The minimum absolute atomic E-state index is 0.156. The molecular formula is C26H18Cl3N3O5. The maximum absolute atomic E-state index is 13.1. The fraction of sp³-hybridized carbons (Fsp3) is 0.0769. The third-order valence-corrected chi connectivity index (χ3v) is 6.11. The summed E-state index contributed by atoms with van der Waals surface area (Å²) in [5, 5.41) is 5.88. The molecule has 1 heterocycles. The summed E-state index contributed by atoms with van der Waals surface area (Å²) in [4.78, 5) is 51.7. The van der Waals surface area contributed by atoms with E-state index < -0.39 is 23.7 Å². The molecule has 4 rings (SSSR count). The second kappa shape index (κ2) is 11.0. The van der Waals surface area contributed by atoms with Gasteiger partial charge in [-0.3, -0.25) is 14.4 Å². The van der Waals surface area contributed by atoms with Gasteiger partial charge in [0.25, 0.3) is 17.7 Å². The molecule has 0 fully saturated rings. The fourth-order valence-electron chi connectivity index (χ4n) is 3.50. The van der Waals surface area contributed by atoms with E-state index in [9.17, 15) is 19.2 Å². The lowest BCUT2D eigenvalue weighted by molar-refractivity contribution is -0.120. The quantitative estimate of drug-likeness (QED) is 0.278. The number of benzene rings is 3. The number of hydrogen-bond donors (Lipinski definition) is 2. The van der Waals surface area contributed by atoms with Crippen molar-refractivity contribution in [3.05, 3.63) is 98.6 Å². The van der Waals surface area contributed by atoms with Crippen LogP contribution in [0.15, 0.2) is 77.5 Å². The molecule has 0 atom stereocenters. The van der Waals surface area contributed by atoms with Gasteiger partial charge in [-0.1, -0.05) is 46.9 Å². The standard InChI is InChI=1S/C26H18Cl3N3O5/c1-2-37-26(36)15-6-4-8-18(12-15)32-24(34)21(29)22(25(32)35)30-17-7-3-5-14(11-17)23(33)31-20-10-9-16(27)13-19(20)28/h3-13,30H,2H2,1H3,(H,31,33). The number of hydrogen-bond acceptors (Lipinski definition) is 6. The van der Waals surface area contributed by atoms with Gasteiger partial charge in [0.2, 0.25) is 0 Å². The summed E-state index contributed by atoms with van der Waals surface area (Å²) in [6.45, 7) is 1.85. The minimum Gasteiger partial charge on any atom is -0.462 e. The number of amides is 3. The zero-order valence-corrected chi connectivity index (χ0v) is 21.4. The first-order chi connectivity index (χ1) is 17.7. The van der Waals surface area contributed by atoms with Crippen LogP contribution in [0.4, 0.5) is 17.1 Å². The highest BCUT2D eigenvalue weighted by Gasteiger charge is 2.39. The van der Waals surface area contributed by atoms with E-state index in [1.54, 1.807) is 37.3 Å². The number of rotatable bonds is 7. The van der Waals surface area contributed by atoms with Gasteiger partial charge in [-0.25, -0.2) is 9.69 Å². The molecule has 188 valence electrons. The predicted molar refractivity (Wildman–Crippen MR) is 142 cm³/mol. The molecule has 1 aliphatic rings. The Hall–Kier alpha value is -3.85. The minimum atomic E-state index is -0.763. The maximum atomic E-state index is 13.1. The number of esters is 1. The van der Waals surface area contributed by atoms with Gasteiger partial charge in [-0.2, -0.15) is 0 Å². The van der Waals surface area contributed by atoms with Crippen LogP contribution in [0.2, 0.25) is 10.0 Å². The van der Waals surface area contributed by atoms with Crippen molar-refractivity contribution >= 4 is 75.6 Å². The van der Waals surface area contributed by atoms with E-state index in [4.69, 9.17) is 39.5 Å². The molecular weight excluding hydrogens is 541 g/mol. The Labute approximate surface area is 226 Å². The van der Waals surface area contributed by atoms with Crippen LogP contribution in [0.25, 0.3) is 0 Å². The number of carbonyl (C=O) groups is 4. The van der Waals surface area contributed by atoms with Crippen LogP contribution in [-0.4, -0.2) is 30.3 Å². The van der Waals surface area contributed by atoms with E-state index in [1.165, 1.54) is 36.4 Å². The average molecular weight is 559 g/mol. The molecule has 1 aliphatic heterocycles. The van der Waals surface area contributed by atoms with Gasteiger partial charge in [0.15, 0.2) is 0 Å². The topological polar surface area (TPSA) is 105 Å². The van der Waals surface area contributed by atoms with Crippen molar-refractivity contribution in [2.75, 3.05) is 22.1 Å². The van der Waals surface area contributed by atoms with Gasteiger partial charge < -0.3 is 15.4 Å². The molecule has 3 aromatic carbocycles. The molecule has 3 aromatic rings. The Morgan fingerprint density at radius 1 is 0.892 bits per heavy atom. The van der Waals surface area contributed by atoms with E-state index in [1.807, 2.05) is 0 Å². The van der Waals surface area contributed by atoms with Gasteiger partial charge in [0.1, 0.15) is 10.7 Å². The average Bonchev–Trinajstić information content (AvgIpc) is 3.09. The molecule has 37 heavy (non-hydrogen) atoms. The van der Waals surface area contributed by atoms with E-state index in [-0.39, 0.29) is 39.2 Å². The molecule has 0 saturated heterocycles. The molecule has 0 spiro atoms. The molecule has 0 radical (unpaired) electrons. The highest BCUT2D eigenvalue weighted by molar-refractivity contribution is 6.53.